The molecule has 114 valence electrons. The van der Waals surface area contributed by atoms with Gasteiger partial charge in [0.1, 0.15) is 0 Å². The first-order valence-electron chi connectivity index (χ1n) is 7.62. The first kappa shape index (κ1) is 15.0. The molecular weight excluding hydrogens is 284 g/mol. The lowest BCUT2D eigenvalue weighted by Gasteiger charge is -2.04. The molecule has 3 nitrogen and oxygen atoms in total. The number of carbonyl (C=O) groups excluding carboxylic acids is 1. The monoisotopic (exact) mass is 303 g/mol. The Morgan fingerprint density at radius 3 is 2.35 bits per heavy atom. The maximum atomic E-state index is 12.2. The molecule has 0 saturated heterocycles. The zero-order chi connectivity index (χ0) is 16.1. The fourth-order valence-corrected chi connectivity index (χ4v) is 2.42. The van der Waals surface area contributed by atoms with E-state index in [1.807, 2.05) is 78.5 Å². The van der Waals surface area contributed by atoms with Crippen molar-refractivity contribution in [3.8, 4) is 11.1 Å². The Morgan fingerprint density at radius 1 is 0.913 bits per heavy atom. The molecule has 0 radical (unpaired) electrons. The van der Waals surface area contributed by atoms with E-state index in [1.54, 1.807) is 0 Å². The third-order valence-corrected chi connectivity index (χ3v) is 3.63. The molecule has 0 bridgehead atoms. The molecule has 1 aromatic heterocycles. The van der Waals surface area contributed by atoms with Crippen molar-refractivity contribution in [2.75, 3.05) is 5.32 Å². The summed E-state index contributed by atoms with van der Waals surface area (Å²) >= 11 is 0. The van der Waals surface area contributed by atoms with E-state index in [2.05, 4.69) is 17.4 Å². The average molecular weight is 303 g/mol. The van der Waals surface area contributed by atoms with Gasteiger partial charge in [-0.2, -0.15) is 4.57 Å². The number of nitrogens with zero attached hydrogens (tertiary/aromatic N) is 1. The first-order valence-corrected chi connectivity index (χ1v) is 7.62. The van der Waals surface area contributed by atoms with Crippen molar-refractivity contribution in [2.24, 2.45) is 0 Å². The van der Waals surface area contributed by atoms with Gasteiger partial charge in [-0.1, -0.05) is 48.0 Å². The fourth-order valence-electron chi connectivity index (χ4n) is 2.42. The van der Waals surface area contributed by atoms with Gasteiger partial charge in [0, 0.05) is 17.3 Å². The lowest BCUT2D eigenvalue weighted by Crippen LogP contribution is -2.39. The Labute approximate surface area is 136 Å². The molecule has 1 heterocycles. The number of carbonyl (C=O) groups is 1. The van der Waals surface area contributed by atoms with Crippen molar-refractivity contribution in [2.45, 2.75) is 13.5 Å². The van der Waals surface area contributed by atoms with Gasteiger partial charge in [0.2, 0.25) is 6.54 Å². The second-order valence-electron chi connectivity index (χ2n) is 5.55. The van der Waals surface area contributed by atoms with Crippen molar-refractivity contribution >= 4 is 11.6 Å². The van der Waals surface area contributed by atoms with E-state index in [0.29, 0.717) is 0 Å². The number of rotatable bonds is 4. The summed E-state index contributed by atoms with van der Waals surface area (Å²) in [7, 11) is 0. The highest BCUT2D eigenvalue weighted by atomic mass is 16.1. The maximum Gasteiger partial charge on any atom is 0.290 e. The van der Waals surface area contributed by atoms with E-state index < -0.39 is 0 Å². The van der Waals surface area contributed by atoms with Crippen LogP contribution < -0.4 is 9.88 Å². The first-order chi connectivity index (χ1) is 11.2. The number of aryl methyl sites for hydroxylation is 1. The van der Waals surface area contributed by atoms with Crippen molar-refractivity contribution in [3.63, 3.8) is 0 Å². The van der Waals surface area contributed by atoms with Crippen LogP contribution in [0.2, 0.25) is 0 Å². The van der Waals surface area contributed by atoms with E-state index >= 15 is 0 Å². The molecule has 0 aliphatic rings. The molecule has 0 aliphatic carbocycles. The number of hydrogen-bond acceptors (Lipinski definition) is 1. The molecule has 0 fully saturated rings. The SMILES string of the molecule is Cc1ccc(NC(=O)C[n+]2cccc(-c3ccccc3)c2)cc1. The Balaban J connectivity index is 1.70. The zero-order valence-corrected chi connectivity index (χ0v) is 13.1. The van der Waals surface area contributed by atoms with Crippen LogP contribution in [0.3, 0.4) is 0 Å². The predicted molar refractivity (Wildman–Crippen MR) is 91.9 cm³/mol. The molecule has 3 aromatic rings. The van der Waals surface area contributed by atoms with Crippen molar-refractivity contribution in [1.82, 2.24) is 0 Å². The molecule has 0 atom stereocenters. The van der Waals surface area contributed by atoms with Gasteiger partial charge in [-0.25, -0.2) is 0 Å². The topological polar surface area (TPSA) is 33.0 Å². The van der Waals surface area contributed by atoms with E-state index in [-0.39, 0.29) is 12.5 Å². The second kappa shape index (κ2) is 6.88. The van der Waals surface area contributed by atoms with Gasteiger partial charge in [-0.3, -0.25) is 4.79 Å². The van der Waals surface area contributed by atoms with Crippen molar-refractivity contribution < 1.29 is 9.36 Å². The standard InChI is InChI=1S/C20H18N2O/c1-16-9-11-19(12-10-16)21-20(23)15-22-13-5-8-18(14-22)17-6-3-2-4-7-17/h2-14H,15H2,1H3/p+1. The van der Waals surface area contributed by atoms with Crippen molar-refractivity contribution in [3.05, 3.63) is 84.7 Å². The number of benzene rings is 2. The van der Waals surface area contributed by atoms with Gasteiger partial charge in [0.15, 0.2) is 12.4 Å². The highest BCUT2D eigenvalue weighted by Crippen LogP contribution is 2.16. The predicted octanol–water partition coefficient (Wildman–Crippen LogP) is 3.59. The fraction of sp³-hybridized carbons (Fsp3) is 0.100. The van der Waals surface area contributed by atoms with Gasteiger partial charge < -0.3 is 5.32 Å². The van der Waals surface area contributed by atoms with Gasteiger partial charge in [0.05, 0.1) is 0 Å². The van der Waals surface area contributed by atoms with Crippen LogP contribution in [0.15, 0.2) is 79.1 Å². The Morgan fingerprint density at radius 2 is 1.61 bits per heavy atom. The lowest BCUT2D eigenvalue weighted by molar-refractivity contribution is -0.683. The Bertz CT molecular complexity index is 795. The molecule has 0 aliphatic heterocycles. The van der Waals surface area contributed by atoms with Gasteiger partial charge in [-0.15, -0.1) is 0 Å². The average Bonchev–Trinajstić information content (AvgIpc) is 2.58. The Hall–Kier alpha value is -2.94. The smallest absolute Gasteiger partial charge is 0.290 e. The molecule has 0 spiro atoms. The molecular formula is C20H19N2O+. The second-order valence-corrected chi connectivity index (χ2v) is 5.55. The minimum absolute atomic E-state index is 0.0379. The highest BCUT2D eigenvalue weighted by Gasteiger charge is 2.11. The van der Waals surface area contributed by atoms with E-state index in [1.165, 1.54) is 5.56 Å². The molecule has 2 aromatic carbocycles. The number of hydrogen-bond donors (Lipinski definition) is 1. The normalized spacial score (nSPS) is 10.3. The number of anilines is 1. The van der Waals surface area contributed by atoms with Crippen LogP contribution >= 0.6 is 0 Å². The van der Waals surface area contributed by atoms with Crippen LogP contribution in [-0.4, -0.2) is 5.91 Å². The summed E-state index contributed by atoms with van der Waals surface area (Å²) < 4.78 is 1.89. The maximum absolute atomic E-state index is 12.2. The van der Waals surface area contributed by atoms with Crippen LogP contribution in [0.5, 0.6) is 0 Å². The third-order valence-electron chi connectivity index (χ3n) is 3.63. The molecule has 1 amide bonds. The number of pyridine rings is 1. The van der Waals surface area contributed by atoms with Crippen molar-refractivity contribution in [1.29, 1.82) is 0 Å². The largest absolute Gasteiger partial charge is 0.321 e. The number of nitrogens with one attached hydrogen (secondary N) is 1. The van der Waals surface area contributed by atoms with Gasteiger partial charge in [0.25, 0.3) is 5.91 Å². The summed E-state index contributed by atoms with van der Waals surface area (Å²) in [6.07, 6.45) is 3.89. The summed E-state index contributed by atoms with van der Waals surface area (Å²) in [5.74, 6) is -0.0379. The van der Waals surface area contributed by atoms with Crippen LogP contribution in [0, 0.1) is 6.92 Å². The zero-order valence-electron chi connectivity index (χ0n) is 13.1. The summed E-state index contributed by atoms with van der Waals surface area (Å²) in [6.45, 7) is 2.31. The Kier molecular flexibility index (Phi) is 4.48. The third kappa shape index (κ3) is 4.04. The molecule has 1 N–H and O–H groups in total. The van der Waals surface area contributed by atoms with Crippen LogP contribution in [-0.2, 0) is 11.3 Å². The summed E-state index contributed by atoms with van der Waals surface area (Å²) in [5.41, 5.74) is 4.23. The lowest BCUT2D eigenvalue weighted by atomic mass is 10.1. The van der Waals surface area contributed by atoms with Crippen LogP contribution in [0.1, 0.15) is 5.56 Å². The van der Waals surface area contributed by atoms with E-state index in [9.17, 15) is 4.79 Å². The van der Waals surface area contributed by atoms with Crippen LogP contribution in [0.4, 0.5) is 5.69 Å². The number of aromatic nitrogens is 1. The van der Waals surface area contributed by atoms with E-state index in [4.69, 9.17) is 0 Å². The highest BCUT2D eigenvalue weighted by molar-refractivity contribution is 5.89. The van der Waals surface area contributed by atoms with Gasteiger partial charge in [-0.05, 0) is 30.7 Å². The van der Waals surface area contributed by atoms with E-state index in [0.717, 1.165) is 16.8 Å². The molecule has 3 heteroatoms. The summed E-state index contributed by atoms with van der Waals surface area (Å²) in [4.78, 5) is 12.2. The number of amides is 1. The molecule has 3 rings (SSSR count). The summed E-state index contributed by atoms with van der Waals surface area (Å²) in [5, 5.41) is 2.92. The quantitative estimate of drug-likeness (QED) is 0.734. The molecule has 23 heavy (non-hydrogen) atoms. The molecule has 0 unspecified atom stereocenters. The molecule has 0 saturated carbocycles. The van der Waals surface area contributed by atoms with Crippen LogP contribution in [0.25, 0.3) is 11.1 Å². The van der Waals surface area contributed by atoms with Gasteiger partial charge >= 0.3 is 0 Å². The minimum atomic E-state index is -0.0379. The minimum Gasteiger partial charge on any atom is -0.321 e. The summed E-state index contributed by atoms with van der Waals surface area (Å²) in [6, 6.07) is 21.9.